The molecule has 5 rings (SSSR count). The average Bonchev–Trinajstić information content (AvgIpc) is 2.53. The van der Waals surface area contributed by atoms with Crippen LogP contribution in [0.2, 0.25) is 5.02 Å². The van der Waals surface area contributed by atoms with Gasteiger partial charge in [-0.05, 0) is 50.4 Å². The quantitative estimate of drug-likeness (QED) is 0.754. The fraction of sp³-hybridized carbons (Fsp3) is 0.632. The fourth-order valence-corrected chi connectivity index (χ4v) is 6.55. The second kappa shape index (κ2) is 5.95. The lowest BCUT2D eigenvalue weighted by Crippen LogP contribution is -2.57. The van der Waals surface area contributed by atoms with Gasteiger partial charge in [0.2, 0.25) is 5.91 Å². The van der Waals surface area contributed by atoms with Gasteiger partial charge in [-0.3, -0.25) is 4.79 Å². The molecule has 0 spiro atoms. The van der Waals surface area contributed by atoms with Crippen molar-refractivity contribution in [2.24, 2.45) is 17.3 Å². The number of anilines is 1. The van der Waals surface area contributed by atoms with Gasteiger partial charge in [-0.2, -0.15) is 0 Å². The van der Waals surface area contributed by atoms with E-state index in [1.807, 2.05) is 0 Å². The third-order valence-electron chi connectivity index (χ3n) is 6.19. The summed E-state index contributed by atoms with van der Waals surface area (Å²) in [7, 11) is 3.11. The first kappa shape index (κ1) is 17.3. The molecule has 4 fully saturated rings. The van der Waals surface area contributed by atoms with Crippen molar-refractivity contribution >= 4 is 34.8 Å². The minimum absolute atomic E-state index is 0.0503. The van der Waals surface area contributed by atoms with E-state index in [2.05, 4.69) is 5.32 Å². The Bertz CT molecular complexity index is 707. The van der Waals surface area contributed by atoms with E-state index in [0.717, 1.165) is 32.1 Å². The average molecular weight is 384 g/mol. The summed E-state index contributed by atoms with van der Waals surface area (Å²) in [5, 5.41) is 3.53. The molecule has 0 aliphatic heterocycles. The van der Waals surface area contributed by atoms with Crippen molar-refractivity contribution < 1.29 is 14.3 Å². The lowest BCUT2D eigenvalue weighted by molar-refractivity contribution is -0.138. The molecule has 25 heavy (non-hydrogen) atoms. The van der Waals surface area contributed by atoms with Gasteiger partial charge in [0, 0.05) is 17.0 Å². The number of amides is 1. The zero-order chi connectivity index (χ0) is 17.8. The molecule has 0 saturated heterocycles. The topological polar surface area (TPSA) is 47.6 Å². The second-order valence-corrected chi connectivity index (χ2v) is 9.24. The van der Waals surface area contributed by atoms with Crippen molar-refractivity contribution in [3.05, 3.63) is 17.2 Å². The number of carbonyl (C=O) groups is 1. The molecular formula is C19H23Cl2NO3. The van der Waals surface area contributed by atoms with Crippen molar-refractivity contribution in [2.75, 3.05) is 19.5 Å². The van der Waals surface area contributed by atoms with Gasteiger partial charge in [-0.15, -0.1) is 11.6 Å². The Balaban J connectivity index is 1.62. The zero-order valence-corrected chi connectivity index (χ0v) is 16.0. The molecular weight excluding hydrogens is 361 g/mol. The molecule has 4 aliphatic rings. The predicted octanol–water partition coefficient (Wildman–Crippen LogP) is 4.87. The molecule has 1 aromatic rings. The standard InChI is InChI=1S/C19H23Cl2NO3/c1-24-15-5-14(16(25-2)4-13(15)20)22-17(23)18-6-11-3-12(7-18)9-19(21,8-11)10-18/h4-5,11-12H,3,6-10H2,1-2H3,(H,22,23)/t11-,12+,18?,19?. The molecule has 0 radical (unpaired) electrons. The van der Waals surface area contributed by atoms with E-state index in [0.29, 0.717) is 34.0 Å². The number of hydrogen-bond donors (Lipinski definition) is 1. The number of ether oxygens (including phenoxy) is 2. The molecule has 4 bridgehead atoms. The number of halogens is 2. The van der Waals surface area contributed by atoms with E-state index in [4.69, 9.17) is 32.7 Å². The number of methoxy groups -OCH3 is 2. The van der Waals surface area contributed by atoms with Crippen LogP contribution in [-0.2, 0) is 4.79 Å². The summed E-state index contributed by atoms with van der Waals surface area (Å²) >= 11 is 13.0. The number of rotatable bonds is 4. The third kappa shape index (κ3) is 2.87. The SMILES string of the molecule is COc1cc(NC(=O)C23C[C@@H]4C[C@@H](CC(Cl)(C4)C2)C3)c(OC)cc1Cl. The molecule has 2 unspecified atom stereocenters. The zero-order valence-electron chi connectivity index (χ0n) is 14.5. The Morgan fingerprint density at radius 3 is 2.32 bits per heavy atom. The van der Waals surface area contributed by atoms with Gasteiger partial charge in [0.1, 0.15) is 11.5 Å². The summed E-state index contributed by atoms with van der Waals surface area (Å²) in [5.74, 6) is 2.24. The molecule has 136 valence electrons. The largest absolute Gasteiger partial charge is 0.495 e. The number of alkyl halides is 1. The van der Waals surface area contributed by atoms with Gasteiger partial charge in [0.25, 0.3) is 0 Å². The van der Waals surface area contributed by atoms with E-state index in [1.54, 1.807) is 26.4 Å². The maximum absolute atomic E-state index is 13.3. The first-order valence-corrected chi connectivity index (χ1v) is 9.54. The molecule has 4 nitrogen and oxygen atoms in total. The van der Waals surface area contributed by atoms with Crippen LogP contribution >= 0.6 is 23.2 Å². The molecule has 6 heteroatoms. The first-order chi connectivity index (χ1) is 11.9. The highest BCUT2D eigenvalue weighted by atomic mass is 35.5. The molecule has 4 saturated carbocycles. The fourth-order valence-electron chi connectivity index (χ4n) is 5.63. The number of nitrogens with one attached hydrogen (secondary N) is 1. The lowest BCUT2D eigenvalue weighted by Gasteiger charge is -2.59. The second-order valence-electron chi connectivity index (χ2n) is 8.03. The Morgan fingerprint density at radius 1 is 1.12 bits per heavy atom. The van der Waals surface area contributed by atoms with Gasteiger partial charge in [0.05, 0.1) is 30.3 Å². The Hall–Kier alpha value is -1.13. The molecule has 0 aromatic heterocycles. The number of carbonyl (C=O) groups excluding carboxylic acids is 1. The van der Waals surface area contributed by atoms with Crippen molar-refractivity contribution in [1.82, 2.24) is 0 Å². The number of hydrogen-bond acceptors (Lipinski definition) is 3. The highest BCUT2D eigenvalue weighted by Crippen LogP contribution is 2.64. The van der Waals surface area contributed by atoms with Crippen LogP contribution in [0.1, 0.15) is 38.5 Å². The molecule has 4 aliphatic carbocycles. The summed E-state index contributed by atoms with van der Waals surface area (Å²) in [4.78, 5) is 13.1. The molecule has 4 atom stereocenters. The smallest absolute Gasteiger partial charge is 0.230 e. The van der Waals surface area contributed by atoms with E-state index in [1.165, 1.54) is 6.42 Å². The minimum atomic E-state index is -0.357. The normalized spacial score (nSPS) is 35.5. The van der Waals surface area contributed by atoms with E-state index >= 15 is 0 Å². The summed E-state index contributed by atoms with van der Waals surface area (Å²) in [5.41, 5.74) is 0.233. The van der Waals surface area contributed by atoms with Gasteiger partial charge in [-0.25, -0.2) is 0 Å². The summed E-state index contributed by atoms with van der Waals surface area (Å²) in [6.45, 7) is 0. The molecule has 1 N–H and O–H groups in total. The Labute approximate surface area is 158 Å². The van der Waals surface area contributed by atoms with Crippen LogP contribution in [0.5, 0.6) is 11.5 Å². The highest BCUT2D eigenvalue weighted by molar-refractivity contribution is 6.32. The van der Waals surface area contributed by atoms with Crippen molar-refractivity contribution in [1.29, 1.82) is 0 Å². The molecule has 1 aromatic carbocycles. The monoisotopic (exact) mass is 383 g/mol. The van der Waals surface area contributed by atoms with Gasteiger partial charge >= 0.3 is 0 Å². The van der Waals surface area contributed by atoms with Crippen molar-refractivity contribution in [3.63, 3.8) is 0 Å². The van der Waals surface area contributed by atoms with E-state index < -0.39 is 0 Å². The van der Waals surface area contributed by atoms with E-state index in [-0.39, 0.29) is 16.2 Å². The first-order valence-electron chi connectivity index (χ1n) is 8.78. The highest BCUT2D eigenvalue weighted by Gasteiger charge is 2.60. The van der Waals surface area contributed by atoms with Gasteiger partial charge in [-0.1, -0.05) is 11.6 Å². The lowest BCUT2D eigenvalue weighted by atomic mass is 9.49. The maximum Gasteiger partial charge on any atom is 0.230 e. The Morgan fingerprint density at radius 2 is 1.76 bits per heavy atom. The maximum atomic E-state index is 13.3. The van der Waals surface area contributed by atoms with Crippen LogP contribution < -0.4 is 14.8 Å². The van der Waals surface area contributed by atoms with Crippen molar-refractivity contribution in [3.8, 4) is 11.5 Å². The van der Waals surface area contributed by atoms with Crippen LogP contribution in [0.3, 0.4) is 0 Å². The van der Waals surface area contributed by atoms with Crippen LogP contribution in [0.15, 0.2) is 12.1 Å². The van der Waals surface area contributed by atoms with Gasteiger partial charge in [0.15, 0.2) is 0 Å². The minimum Gasteiger partial charge on any atom is -0.495 e. The summed E-state index contributed by atoms with van der Waals surface area (Å²) in [6.07, 6.45) is 5.99. The van der Waals surface area contributed by atoms with Crippen LogP contribution in [0.4, 0.5) is 5.69 Å². The summed E-state index contributed by atoms with van der Waals surface area (Å²) in [6, 6.07) is 3.38. The van der Waals surface area contributed by atoms with Crippen LogP contribution in [0, 0.1) is 17.3 Å². The van der Waals surface area contributed by atoms with Gasteiger partial charge < -0.3 is 14.8 Å². The number of benzene rings is 1. The summed E-state index contributed by atoms with van der Waals surface area (Å²) < 4.78 is 10.7. The predicted molar refractivity (Wildman–Crippen MR) is 98.9 cm³/mol. The van der Waals surface area contributed by atoms with E-state index in [9.17, 15) is 4.79 Å². The molecule has 1 amide bonds. The van der Waals surface area contributed by atoms with Crippen molar-refractivity contribution in [2.45, 2.75) is 43.4 Å². The molecule has 0 heterocycles. The third-order valence-corrected chi connectivity index (χ3v) is 6.93. The Kier molecular flexibility index (Phi) is 4.12. The van der Waals surface area contributed by atoms with Crippen LogP contribution in [-0.4, -0.2) is 25.0 Å². The van der Waals surface area contributed by atoms with Crippen LogP contribution in [0.25, 0.3) is 0 Å².